The maximum atomic E-state index is 12.6. The monoisotopic (exact) mass is 336 g/mol. The van der Waals surface area contributed by atoms with Gasteiger partial charge in [-0.05, 0) is 25.8 Å². The van der Waals surface area contributed by atoms with Crippen molar-refractivity contribution >= 4 is 17.5 Å². The maximum absolute atomic E-state index is 12.6. The number of piperidine rings is 1. The first-order valence-electron chi connectivity index (χ1n) is 7.37. The molecular formula is C15H17ClN4O3. The molecule has 1 amide bonds. The van der Waals surface area contributed by atoms with Crippen LogP contribution in [0.2, 0.25) is 5.02 Å². The Bertz CT molecular complexity index is 720. The Morgan fingerprint density at radius 1 is 1.57 bits per heavy atom. The minimum atomic E-state index is -1.08. The fourth-order valence-corrected chi connectivity index (χ4v) is 3.04. The van der Waals surface area contributed by atoms with Crippen molar-refractivity contribution in [2.45, 2.75) is 31.8 Å². The molecule has 0 aromatic carbocycles. The van der Waals surface area contributed by atoms with E-state index in [0.29, 0.717) is 41.7 Å². The van der Waals surface area contributed by atoms with Gasteiger partial charge < -0.3 is 14.5 Å². The number of carbonyl (C=O) groups excluding carboxylic acids is 1. The van der Waals surface area contributed by atoms with Gasteiger partial charge in [-0.3, -0.25) is 9.78 Å². The van der Waals surface area contributed by atoms with Gasteiger partial charge in [0.1, 0.15) is 0 Å². The first kappa shape index (κ1) is 15.9. The fraction of sp³-hybridized carbons (Fsp3) is 0.467. The van der Waals surface area contributed by atoms with Crippen molar-refractivity contribution < 1.29 is 14.4 Å². The Kier molecular flexibility index (Phi) is 4.32. The summed E-state index contributed by atoms with van der Waals surface area (Å²) in [5, 5.41) is 14.8. The van der Waals surface area contributed by atoms with E-state index in [9.17, 15) is 9.90 Å². The number of hydrogen-bond acceptors (Lipinski definition) is 6. The van der Waals surface area contributed by atoms with E-state index in [1.54, 1.807) is 17.9 Å². The second-order valence-electron chi connectivity index (χ2n) is 5.82. The van der Waals surface area contributed by atoms with Crippen molar-refractivity contribution in [1.82, 2.24) is 20.0 Å². The molecule has 1 aliphatic rings. The summed E-state index contributed by atoms with van der Waals surface area (Å²) in [6.07, 6.45) is 4.45. The summed E-state index contributed by atoms with van der Waals surface area (Å²) in [4.78, 5) is 22.2. The number of rotatable bonds is 3. The molecule has 1 unspecified atom stereocenters. The van der Waals surface area contributed by atoms with Crippen LogP contribution in [0.1, 0.15) is 34.9 Å². The molecule has 2 aromatic rings. The van der Waals surface area contributed by atoms with Gasteiger partial charge in [-0.2, -0.15) is 4.98 Å². The van der Waals surface area contributed by atoms with Crippen LogP contribution in [0.25, 0.3) is 0 Å². The highest BCUT2D eigenvalue weighted by atomic mass is 35.5. The molecule has 7 nitrogen and oxygen atoms in total. The largest absolute Gasteiger partial charge is 0.388 e. The molecule has 1 N–H and O–H groups in total. The van der Waals surface area contributed by atoms with Gasteiger partial charge in [-0.1, -0.05) is 16.8 Å². The van der Waals surface area contributed by atoms with Crippen molar-refractivity contribution in [2.24, 2.45) is 0 Å². The van der Waals surface area contributed by atoms with Crippen LogP contribution in [-0.2, 0) is 6.42 Å². The lowest BCUT2D eigenvalue weighted by atomic mass is 9.89. The lowest BCUT2D eigenvalue weighted by Crippen LogP contribution is -2.51. The number of pyridine rings is 1. The smallest absolute Gasteiger partial charge is 0.255 e. The standard InChI is InChI=1S/C15H17ClN4O3/c1-10-18-13(23-19-10)7-15(22)4-2-6-20(9-15)14(21)11-3-5-17-8-12(11)16/h3,5,8,22H,2,4,6-7,9H2,1H3. The quantitative estimate of drug-likeness (QED) is 0.916. The number of carbonyl (C=O) groups is 1. The third-order valence-electron chi connectivity index (χ3n) is 3.90. The summed E-state index contributed by atoms with van der Waals surface area (Å²) in [6.45, 7) is 2.49. The first-order chi connectivity index (χ1) is 11.0. The minimum Gasteiger partial charge on any atom is -0.388 e. The van der Waals surface area contributed by atoms with Crippen molar-refractivity contribution in [1.29, 1.82) is 0 Å². The molecule has 1 fully saturated rings. The van der Waals surface area contributed by atoms with E-state index in [1.165, 1.54) is 12.4 Å². The van der Waals surface area contributed by atoms with E-state index in [0.717, 1.165) is 0 Å². The third kappa shape index (κ3) is 3.51. The van der Waals surface area contributed by atoms with Crippen LogP contribution >= 0.6 is 11.6 Å². The average Bonchev–Trinajstić information content (AvgIpc) is 2.91. The third-order valence-corrected chi connectivity index (χ3v) is 4.20. The lowest BCUT2D eigenvalue weighted by Gasteiger charge is -2.38. The molecule has 3 rings (SSSR count). The molecule has 1 atom stereocenters. The highest BCUT2D eigenvalue weighted by Gasteiger charge is 2.37. The number of aromatic nitrogens is 3. The second-order valence-corrected chi connectivity index (χ2v) is 6.23. The Labute approximate surface area is 138 Å². The van der Waals surface area contributed by atoms with Gasteiger partial charge in [0.2, 0.25) is 5.89 Å². The fourth-order valence-electron chi connectivity index (χ4n) is 2.84. The molecule has 23 heavy (non-hydrogen) atoms. The number of halogens is 1. The Hall–Kier alpha value is -1.99. The summed E-state index contributed by atoms with van der Waals surface area (Å²) in [7, 11) is 0. The van der Waals surface area contributed by atoms with Gasteiger partial charge >= 0.3 is 0 Å². The van der Waals surface area contributed by atoms with Gasteiger partial charge in [-0.25, -0.2) is 0 Å². The maximum Gasteiger partial charge on any atom is 0.255 e. The highest BCUT2D eigenvalue weighted by molar-refractivity contribution is 6.33. The molecule has 0 aliphatic carbocycles. The van der Waals surface area contributed by atoms with Crippen LogP contribution in [0.15, 0.2) is 23.0 Å². The van der Waals surface area contributed by atoms with E-state index in [2.05, 4.69) is 15.1 Å². The zero-order valence-corrected chi connectivity index (χ0v) is 13.5. The first-order valence-corrected chi connectivity index (χ1v) is 7.75. The zero-order chi connectivity index (χ0) is 16.4. The number of aliphatic hydroxyl groups is 1. The molecule has 0 saturated carbocycles. The summed E-state index contributed by atoms with van der Waals surface area (Å²) in [5.74, 6) is 0.689. The molecular weight excluding hydrogens is 320 g/mol. The number of aryl methyl sites for hydroxylation is 1. The molecule has 0 bridgehead atoms. The number of likely N-dealkylation sites (tertiary alicyclic amines) is 1. The predicted octanol–water partition coefficient (Wildman–Crippen LogP) is 1.64. The summed E-state index contributed by atoms with van der Waals surface area (Å²) in [6, 6.07) is 1.58. The molecule has 3 heterocycles. The van der Waals surface area contributed by atoms with Crippen LogP contribution in [0.4, 0.5) is 0 Å². The van der Waals surface area contributed by atoms with E-state index in [1.807, 2.05) is 0 Å². The average molecular weight is 337 g/mol. The van der Waals surface area contributed by atoms with Gasteiger partial charge in [0.15, 0.2) is 5.82 Å². The number of β-amino-alcohol motifs (C(OH)–C–C–N with tert-alkyl or cyclic N) is 1. The molecule has 8 heteroatoms. The SMILES string of the molecule is Cc1noc(CC2(O)CCCN(C(=O)c3ccncc3Cl)C2)n1. The molecule has 2 aromatic heterocycles. The van der Waals surface area contributed by atoms with E-state index < -0.39 is 5.60 Å². The van der Waals surface area contributed by atoms with Crippen molar-refractivity contribution in [3.05, 3.63) is 40.8 Å². The van der Waals surface area contributed by atoms with Crippen molar-refractivity contribution in [2.75, 3.05) is 13.1 Å². The van der Waals surface area contributed by atoms with Crippen LogP contribution in [0.5, 0.6) is 0 Å². The van der Waals surface area contributed by atoms with Gasteiger partial charge in [0.25, 0.3) is 5.91 Å². The summed E-state index contributed by atoms with van der Waals surface area (Å²) in [5.41, 5.74) is -0.689. The van der Waals surface area contributed by atoms with Crippen LogP contribution in [0.3, 0.4) is 0 Å². The minimum absolute atomic E-state index is 0.200. The molecule has 0 spiro atoms. The summed E-state index contributed by atoms with van der Waals surface area (Å²) >= 11 is 6.04. The predicted molar refractivity (Wildman–Crippen MR) is 82.1 cm³/mol. The molecule has 0 radical (unpaired) electrons. The second kappa shape index (κ2) is 6.25. The number of amides is 1. The van der Waals surface area contributed by atoms with Crippen molar-refractivity contribution in [3.8, 4) is 0 Å². The normalized spacial score (nSPS) is 21.4. The van der Waals surface area contributed by atoms with E-state index >= 15 is 0 Å². The number of nitrogens with zero attached hydrogens (tertiary/aromatic N) is 4. The Balaban J connectivity index is 1.75. The summed E-state index contributed by atoms with van der Waals surface area (Å²) < 4.78 is 5.08. The lowest BCUT2D eigenvalue weighted by molar-refractivity contribution is -0.0286. The Morgan fingerprint density at radius 3 is 3.09 bits per heavy atom. The van der Waals surface area contributed by atoms with Crippen LogP contribution in [-0.4, -0.2) is 49.7 Å². The van der Waals surface area contributed by atoms with E-state index in [4.69, 9.17) is 16.1 Å². The van der Waals surface area contributed by atoms with Crippen molar-refractivity contribution in [3.63, 3.8) is 0 Å². The van der Waals surface area contributed by atoms with Gasteiger partial charge in [-0.15, -0.1) is 0 Å². The topological polar surface area (TPSA) is 92.4 Å². The zero-order valence-electron chi connectivity index (χ0n) is 12.7. The Morgan fingerprint density at radius 2 is 2.39 bits per heavy atom. The number of hydrogen-bond donors (Lipinski definition) is 1. The molecule has 1 aliphatic heterocycles. The van der Waals surface area contributed by atoms with Gasteiger partial charge in [0.05, 0.1) is 29.2 Å². The highest BCUT2D eigenvalue weighted by Crippen LogP contribution is 2.27. The van der Waals surface area contributed by atoms with Gasteiger partial charge in [0, 0.05) is 18.9 Å². The van der Waals surface area contributed by atoms with Crippen LogP contribution in [0, 0.1) is 6.92 Å². The molecule has 1 saturated heterocycles. The van der Waals surface area contributed by atoms with Crippen LogP contribution < -0.4 is 0 Å². The van der Waals surface area contributed by atoms with E-state index in [-0.39, 0.29) is 18.9 Å². The molecule has 122 valence electrons.